The molecule has 0 saturated heterocycles. The van der Waals surface area contributed by atoms with Gasteiger partial charge in [0, 0.05) is 11.3 Å². The summed E-state index contributed by atoms with van der Waals surface area (Å²) in [7, 11) is 4.49. The van der Waals surface area contributed by atoms with Crippen LogP contribution in [0.25, 0.3) is 0 Å². The average Bonchev–Trinajstić information content (AvgIpc) is 2.72. The molecule has 0 aliphatic heterocycles. The Morgan fingerprint density at radius 1 is 1.04 bits per heavy atom. The van der Waals surface area contributed by atoms with Crippen LogP contribution in [0.5, 0.6) is 17.2 Å². The highest BCUT2D eigenvalue weighted by molar-refractivity contribution is 7.80. The Balaban J connectivity index is 2.09. The Hall–Kier alpha value is -2.80. The predicted molar refractivity (Wildman–Crippen MR) is 115 cm³/mol. The number of hydrogen-bond donors (Lipinski definition) is 2. The third-order valence-corrected chi connectivity index (χ3v) is 4.71. The van der Waals surface area contributed by atoms with Gasteiger partial charge in [0.2, 0.25) is 5.75 Å². The molecule has 150 valence electrons. The molecule has 0 saturated carbocycles. The second kappa shape index (κ2) is 9.94. The number of benzene rings is 2. The van der Waals surface area contributed by atoms with E-state index in [1.165, 1.54) is 26.9 Å². The van der Waals surface area contributed by atoms with Crippen molar-refractivity contribution in [2.45, 2.75) is 26.2 Å². The van der Waals surface area contributed by atoms with Crippen LogP contribution in [0.4, 0.5) is 5.69 Å². The molecule has 7 heteroatoms. The Labute approximate surface area is 171 Å². The highest BCUT2D eigenvalue weighted by Crippen LogP contribution is 2.38. The summed E-state index contributed by atoms with van der Waals surface area (Å²) >= 11 is 5.26. The fourth-order valence-electron chi connectivity index (χ4n) is 2.68. The highest BCUT2D eigenvalue weighted by atomic mass is 32.1. The van der Waals surface area contributed by atoms with Crippen molar-refractivity contribution in [3.05, 3.63) is 47.5 Å². The third-order valence-electron chi connectivity index (χ3n) is 4.50. The van der Waals surface area contributed by atoms with Crippen LogP contribution < -0.4 is 24.8 Å². The third kappa shape index (κ3) is 5.13. The van der Waals surface area contributed by atoms with Gasteiger partial charge >= 0.3 is 0 Å². The van der Waals surface area contributed by atoms with E-state index in [2.05, 4.69) is 36.6 Å². The van der Waals surface area contributed by atoms with Crippen molar-refractivity contribution in [1.82, 2.24) is 5.32 Å². The second-order valence-electron chi connectivity index (χ2n) is 6.25. The van der Waals surface area contributed by atoms with Gasteiger partial charge in [-0.1, -0.05) is 26.0 Å². The minimum Gasteiger partial charge on any atom is -0.493 e. The maximum Gasteiger partial charge on any atom is 0.257 e. The number of ether oxygens (including phenoxy) is 3. The lowest BCUT2D eigenvalue weighted by Gasteiger charge is -2.15. The molecule has 6 nitrogen and oxygen atoms in total. The zero-order chi connectivity index (χ0) is 20.7. The molecular weight excluding hydrogens is 376 g/mol. The van der Waals surface area contributed by atoms with Gasteiger partial charge < -0.3 is 19.5 Å². The van der Waals surface area contributed by atoms with E-state index < -0.39 is 0 Å². The molecular formula is C21H26N2O4S. The summed E-state index contributed by atoms with van der Waals surface area (Å²) in [6.07, 6.45) is 1.08. The molecule has 0 aliphatic rings. The lowest BCUT2D eigenvalue weighted by molar-refractivity contribution is 0.0977. The van der Waals surface area contributed by atoms with E-state index in [1.807, 2.05) is 12.1 Å². The van der Waals surface area contributed by atoms with Gasteiger partial charge in [-0.25, -0.2) is 0 Å². The Bertz CT molecular complexity index is 812. The standard InChI is InChI=1S/C21H26N2O4S/c1-6-13(2)14-7-9-16(10-8-14)22-21(28)23-20(24)15-11-17(25-3)19(27-5)18(12-15)26-4/h7-13H,6H2,1-5H3,(H2,22,23,24,28). The van der Waals surface area contributed by atoms with Crippen molar-refractivity contribution < 1.29 is 19.0 Å². The summed E-state index contributed by atoms with van der Waals surface area (Å²) in [4.78, 5) is 12.6. The molecule has 0 radical (unpaired) electrons. The van der Waals surface area contributed by atoms with Gasteiger partial charge in [0.15, 0.2) is 16.6 Å². The second-order valence-corrected chi connectivity index (χ2v) is 6.66. The van der Waals surface area contributed by atoms with Gasteiger partial charge in [-0.2, -0.15) is 0 Å². The zero-order valence-corrected chi connectivity index (χ0v) is 17.6. The number of amides is 1. The Morgan fingerprint density at radius 3 is 2.07 bits per heavy atom. The van der Waals surface area contributed by atoms with E-state index in [0.29, 0.717) is 28.7 Å². The molecule has 0 heterocycles. The first-order valence-electron chi connectivity index (χ1n) is 8.95. The fraction of sp³-hybridized carbons (Fsp3) is 0.333. The van der Waals surface area contributed by atoms with Gasteiger partial charge in [-0.05, 0) is 54.4 Å². The number of anilines is 1. The summed E-state index contributed by atoms with van der Waals surface area (Å²) in [5.41, 5.74) is 2.41. The first-order chi connectivity index (χ1) is 13.4. The van der Waals surface area contributed by atoms with Crippen LogP contribution in [0.15, 0.2) is 36.4 Å². The van der Waals surface area contributed by atoms with Crippen LogP contribution in [0.3, 0.4) is 0 Å². The molecule has 0 fully saturated rings. The van der Waals surface area contributed by atoms with Crippen molar-refractivity contribution >= 4 is 28.9 Å². The summed E-state index contributed by atoms with van der Waals surface area (Å²) < 4.78 is 15.8. The van der Waals surface area contributed by atoms with Crippen molar-refractivity contribution in [2.75, 3.05) is 26.6 Å². The van der Waals surface area contributed by atoms with Crippen LogP contribution in [-0.4, -0.2) is 32.3 Å². The molecule has 28 heavy (non-hydrogen) atoms. The zero-order valence-electron chi connectivity index (χ0n) is 16.8. The van der Waals surface area contributed by atoms with E-state index in [9.17, 15) is 4.79 Å². The largest absolute Gasteiger partial charge is 0.493 e. The monoisotopic (exact) mass is 402 g/mol. The summed E-state index contributed by atoms with van der Waals surface area (Å²) in [5.74, 6) is 1.33. The number of carbonyl (C=O) groups is 1. The van der Waals surface area contributed by atoms with Crippen LogP contribution in [0.1, 0.15) is 42.1 Å². The van der Waals surface area contributed by atoms with Crippen molar-refractivity contribution in [1.29, 1.82) is 0 Å². The highest BCUT2D eigenvalue weighted by Gasteiger charge is 2.17. The molecule has 2 aromatic rings. The van der Waals surface area contributed by atoms with Gasteiger partial charge in [0.1, 0.15) is 0 Å². The number of thiocarbonyl (C=S) groups is 1. The SMILES string of the molecule is CCC(C)c1ccc(NC(=S)NC(=O)c2cc(OC)c(OC)c(OC)c2)cc1. The van der Waals surface area contributed by atoms with E-state index in [0.717, 1.165) is 12.1 Å². The first-order valence-corrected chi connectivity index (χ1v) is 9.36. The van der Waals surface area contributed by atoms with Gasteiger partial charge in [0.25, 0.3) is 5.91 Å². The number of rotatable bonds is 7. The molecule has 2 aromatic carbocycles. The topological polar surface area (TPSA) is 68.8 Å². The lowest BCUT2D eigenvalue weighted by atomic mass is 9.99. The summed E-state index contributed by atoms with van der Waals surface area (Å²) in [6.45, 7) is 4.34. The van der Waals surface area contributed by atoms with Gasteiger partial charge in [-0.15, -0.1) is 0 Å². The predicted octanol–water partition coefficient (Wildman–Crippen LogP) is 4.35. The molecule has 0 aliphatic carbocycles. The van der Waals surface area contributed by atoms with E-state index in [-0.39, 0.29) is 11.0 Å². The maximum absolute atomic E-state index is 12.6. The maximum atomic E-state index is 12.6. The number of methoxy groups -OCH3 is 3. The molecule has 1 amide bonds. The van der Waals surface area contributed by atoms with E-state index in [4.69, 9.17) is 26.4 Å². The number of carbonyl (C=O) groups excluding carboxylic acids is 1. The summed E-state index contributed by atoms with van der Waals surface area (Å²) in [5, 5.41) is 5.89. The van der Waals surface area contributed by atoms with Crippen molar-refractivity contribution in [2.24, 2.45) is 0 Å². The quantitative estimate of drug-likeness (QED) is 0.671. The van der Waals surface area contributed by atoms with Gasteiger partial charge in [-0.3, -0.25) is 10.1 Å². The molecule has 0 bridgehead atoms. The summed E-state index contributed by atoms with van der Waals surface area (Å²) in [6, 6.07) is 11.1. The lowest BCUT2D eigenvalue weighted by Crippen LogP contribution is -2.34. The number of hydrogen-bond acceptors (Lipinski definition) is 5. The van der Waals surface area contributed by atoms with E-state index >= 15 is 0 Å². The van der Waals surface area contributed by atoms with Crippen molar-refractivity contribution in [3.63, 3.8) is 0 Å². The Kier molecular flexibility index (Phi) is 7.63. The van der Waals surface area contributed by atoms with E-state index in [1.54, 1.807) is 12.1 Å². The first kappa shape index (κ1) is 21.5. The van der Waals surface area contributed by atoms with Crippen LogP contribution in [0, 0.1) is 0 Å². The van der Waals surface area contributed by atoms with Crippen molar-refractivity contribution in [3.8, 4) is 17.2 Å². The van der Waals surface area contributed by atoms with Crippen LogP contribution >= 0.6 is 12.2 Å². The smallest absolute Gasteiger partial charge is 0.257 e. The minimum absolute atomic E-state index is 0.204. The molecule has 0 aromatic heterocycles. The molecule has 1 unspecified atom stereocenters. The Morgan fingerprint density at radius 2 is 1.61 bits per heavy atom. The number of nitrogens with one attached hydrogen (secondary N) is 2. The fourth-order valence-corrected chi connectivity index (χ4v) is 2.89. The average molecular weight is 403 g/mol. The molecule has 2 rings (SSSR count). The minimum atomic E-state index is -0.382. The molecule has 0 spiro atoms. The van der Waals surface area contributed by atoms with Crippen LogP contribution in [0.2, 0.25) is 0 Å². The van der Waals surface area contributed by atoms with Crippen LogP contribution in [-0.2, 0) is 0 Å². The molecule has 2 N–H and O–H groups in total. The molecule has 1 atom stereocenters. The normalized spacial score (nSPS) is 11.3. The van der Waals surface area contributed by atoms with Gasteiger partial charge in [0.05, 0.1) is 21.3 Å².